The molecule has 2 atom stereocenters. The van der Waals surface area contributed by atoms with Crippen LogP contribution < -0.4 is 10.6 Å². The van der Waals surface area contributed by atoms with Crippen LogP contribution in [0.25, 0.3) is 0 Å². The van der Waals surface area contributed by atoms with Crippen LogP contribution in [0.2, 0.25) is 0 Å². The number of amides is 2. The van der Waals surface area contributed by atoms with Gasteiger partial charge < -0.3 is 20.8 Å². The number of carbonyl (C=O) groups excluding carboxylic acids is 2. The first-order valence-corrected chi connectivity index (χ1v) is 8.02. The van der Waals surface area contributed by atoms with Gasteiger partial charge in [-0.1, -0.05) is 27.7 Å². The Morgan fingerprint density at radius 1 is 1.26 bits per heavy atom. The van der Waals surface area contributed by atoms with Gasteiger partial charge >= 0.3 is 0 Å². The van der Waals surface area contributed by atoms with Crippen molar-refractivity contribution in [1.29, 1.82) is 0 Å². The molecular weight excluding hydrogens is 296 g/mol. The zero-order valence-corrected chi connectivity index (χ0v) is 14.1. The van der Waals surface area contributed by atoms with Gasteiger partial charge in [0.05, 0.1) is 5.57 Å². The molecule has 2 heterocycles. The quantitative estimate of drug-likeness (QED) is 0.636. The first kappa shape index (κ1) is 17.4. The Labute approximate surface area is 136 Å². The molecule has 0 aliphatic carbocycles. The average molecular weight is 322 g/mol. The lowest BCUT2D eigenvalue weighted by atomic mass is 9.72. The Kier molecular flexibility index (Phi) is 4.73. The predicted octanol–water partition coefficient (Wildman–Crippen LogP) is 1.95. The van der Waals surface area contributed by atoms with E-state index in [1.807, 2.05) is 27.7 Å². The summed E-state index contributed by atoms with van der Waals surface area (Å²) in [6.07, 6.45) is 2.35. The summed E-state index contributed by atoms with van der Waals surface area (Å²) in [5.41, 5.74) is 0.00388. The third kappa shape index (κ3) is 3.68. The number of aliphatic hydroxyl groups is 2. The highest BCUT2D eigenvalue weighted by atomic mass is 16.3. The van der Waals surface area contributed by atoms with Crippen molar-refractivity contribution >= 4 is 11.8 Å². The summed E-state index contributed by atoms with van der Waals surface area (Å²) in [6.45, 7) is 8.33. The lowest BCUT2D eigenvalue weighted by Gasteiger charge is -2.37. The number of hydrogen-bond acceptors (Lipinski definition) is 4. The first-order chi connectivity index (χ1) is 10.6. The number of rotatable bonds is 4. The van der Waals surface area contributed by atoms with Crippen LogP contribution in [0, 0.1) is 17.3 Å². The van der Waals surface area contributed by atoms with E-state index in [1.165, 1.54) is 6.08 Å². The van der Waals surface area contributed by atoms with Gasteiger partial charge in [-0.25, -0.2) is 0 Å². The van der Waals surface area contributed by atoms with E-state index in [0.29, 0.717) is 25.0 Å². The Hall–Kier alpha value is -1.98. The van der Waals surface area contributed by atoms with Crippen molar-refractivity contribution in [2.24, 2.45) is 17.3 Å². The zero-order chi connectivity index (χ0) is 17.4. The van der Waals surface area contributed by atoms with Crippen molar-refractivity contribution in [3.8, 4) is 0 Å². The maximum absolute atomic E-state index is 12.3. The molecule has 0 aromatic rings. The van der Waals surface area contributed by atoms with E-state index in [4.69, 9.17) is 0 Å². The minimum atomic E-state index is -0.478. The van der Waals surface area contributed by atoms with Crippen molar-refractivity contribution in [1.82, 2.24) is 10.6 Å². The summed E-state index contributed by atoms with van der Waals surface area (Å²) in [5.74, 6) is -0.711. The van der Waals surface area contributed by atoms with Gasteiger partial charge in [0.15, 0.2) is 5.76 Å². The summed E-state index contributed by atoms with van der Waals surface area (Å²) in [6, 6.07) is -0.0488. The smallest absolute Gasteiger partial charge is 0.285 e. The summed E-state index contributed by atoms with van der Waals surface area (Å²) in [5, 5.41) is 25.5. The van der Waals surface area contributed by atoms with E-state index < -0.39 is 11.3 Å². The number of carbonyl (C=O) groups is 2. The summed E-state index contributed by atoms with van der Waals surface area (Å²) < 4.78 is 0. The Morgan fingerprint density at radius 2 is 1.91 bits per heavy atom. The summed E-state index contributed by atoms with van der Waals surface area (Å²) >= 11 is 0. The molecule has 2 aliphatic rings. The van der Waals surface area contributed by atoms with E-state index in [9.17, 15) is 19.8 Å². The maximum atomic E-state index is 12.3. The fourth-order valence-electron chi connectivity index (χ4n) is 3.06. The number of aliphatic hydroxyl groups excluding tert-OH is 2. The molecule has 2 rings (SSSR count). The third-order valence-corrected chi connectivity index (χ3v) is 4.87. The van der Waals surface area contributed by atoms with E-state index in [1.54, 1.807) is 0 Å². The fourth-order valence-corrected chi connectivity index (χ4v) is 3.06. The van der Waals surface area contributed by atoms with Crippen LogP contribution in [0.15, 0.2) is 23.2 Å². The highest BCUT2D eigenvalue weighted by Crippen LogP contribution is 2.38. The van der Waals surface area contributed by atoms with Gasteiger partial charge in [0.2, 0.25) is 0 Å². The molecule has 0 saturated carbocycles. The molecule has 2 amide bonds. The number of hydrogen-bond donors (Lipinski definition) is 4. The molecule has 0 aromatic carbocycles. The van der Waals surface area contributed by atoms with Gasteiger partial charge in [-0.3, -0.25) is 9.59 Å². The van der Waals surface area contributed by atoms with E-state index in [-0.39, 0.29) is 35.3 Å². The molecule has 0 aromatic heterocycles. The predicted molar refractivity (Wildman–Crippen MR) is 86.7 cm³/mol. The van der Waals surface area contributed by atoms with E-state index >= 15 is 0 Å². The topological polar surface area (TPSA) is 98.7 Å². The molecule has 2 aliphatic heterocycles. The molecule has 0 radical (unpaired) electrons. The van der Waals surface area contributed by atoms with E-state index in [2.05, 4.69) is 10.6 Å². The highest BCUT2D eigenvalue weighted by molar-refractivity contribution is 5.95. The molecule has 4 N–H and O–H groups in total. The van der Waals surface area contributed by atoms with Gasteiger partial charge in [-0.2, -0.15) is 0 Å². The average Bonchev–Trinajstić information content (AvgIpc) is 2.45. The van der Waals surface area contributed by atoms with Crippen LogP contribution in [-0.4, -0.2) is 34.6 Å². The Balaban J connectivity index is 2.18. The molecule has 6 heteroatoms. The molecule has 0 spiro atoms. The second-order valence-corrected chi connectivity index (χ2v) is 7.49. The van der Waals surface area contributed by atoms with Gasteiger partial charge in [-0.05, 0) is 23.8 Å². The normalized spacial score (nSPS) is 26.0. The molecule has 23 heavy (non-hydrogen) atoms. The zero-order valence-electron chi connectivity index (χ0n) is 14.1. The fraction of sp³-hybridized carbons (Fsp3) is 0.647. The van der Waals surface area contributed by atoms with Crippen LogP contribution in [0.5, 0.6) is 0 Å². The lowest BCUT2D eigenvalue weighted by Crippen LogP contribution is -2.45. The highest BCUT2D eigenvalue weighted by Gasteiger charge is 2.37. The Morgan fingerprint density at radius 3 is 2.43 bits per heavy atom. The van der Waals surface area contributed by atoms with Crippen molar-refractivity contribution in [2.75, 3.05) is 6.54 Å². The first-order valence-electron chi connectivity index (χ1n) is 8.02. The second-order valence-electron chi connectivity index (χ2n) is 7.49. The summed E-state index contributed by atoms with van der Waals surface area (Å²) in [4.78, 5) is 23.7. The standard InChI is InChI=1S/C17H26N2O4/c1-9(2)12-6-13(20)11(15(22)19-12)7-17(3,4)10-5-14(21)16(23)18-8-10/h5,9-10,12,20-21H,6-8H2,1-4H3,(H,18,23)(H,19,22). The molecule has 6 nitrogen and oxygen atoms in total. The van der Waals surface area contributed by atoms with Crippen LogP contribution in [0.1, 0.15) is 40.5 Å². The second kappa shape index (κ2) is 6.26. The van der Waals surface area contributed by atoms with Crippen LogP contribution >= 0.6 is 0 Å². The molecule has 128 valence electrons. The minimum Gasteiger partial charge on any atom is -0.512 e. The maximum Gasteiger partial charge on any atom is 0.285 e. The van der Waals surface area contributed by atoms with Crippen LogP contribution in [0.4, 0.5) is 0 Å². The van der Waals surface area contributed by atoms with Crippen molar-refractivity contribution in [3.63, 3.8) is 0 Å². The number of nitrogens with one attached hydrogen (secondary N) is 2. The van der Waals surface area contributed by atoms with Crippen LogP contribution in [0.3, 0.4) is 0 Å². The van der Waals surface area contributed by atoms with Crippen molar-refractivity contribution in [2.45, 2.75) is 46.6 Å². The minimum absolute atomic E-state index is 0.0488. The lowest BCUT2D eigenvalue weighted by molar-refractivity contribution is -0.121. The molecular formula is C17H26N2O4. The van der Waals surface area contributed by atoms with Crippen LogP contribution in [-0.2, 0) is 9.59 Å². The monoisotopic (exact) mass is 322 g/mol. The SMILES string of the molecule is CC(C)C1CC(O)=C(CC(C)(C)C2C=C(O)C(=O)NC2)C(=O)N1. The van der Waals surface area contributed by atoms with Crippen molar-refractivity contribution < 1.29 is 19.8 Å². The van der Waals surface area contributed by atoms with Gasteiger partial charge in [0, 0.05) is 24.9 Å². The molecule has 2 unspecified atom stereocenters. The van der Waals surface area contributed by atoms with Gasteiger partial charge in [0.25, 0.3) is 11.8 Å². The molecule has 0 bridgehead atoms. The largest absolute Gasteiger partial charge is 0.512 e. The third-order valence-electron chi connectivity index (χ3n) is 4.87. The van der Waals surface area contributed by atoms with Gasteiger partial charge in [0.1, 0.15) is 5.76 Å². The molecule has 0 saturated heterocycles. The summed E-state index contributed by atoms with van der Waals surface area (Å²) in [7, 11) is 0. The van der Waals surface area contributed by atoms with Crippen molar-refractivity contribution in [3.05, 3.63) is 23.2 Å². The van der Waals surface area contributed by atoms with E-state index in [0.717, 1.165) is 0 Å². The van der Waals surface area contributed by atoms with Gasteiger partial charge in [-0.15, -0.1) is 0 Å². The Bertz CT molecular complexity index is 575. The molecule has 0 fully saturated rings.